The van der Waals surface area contributed by atoms with Gasteiger partial charge in [0.2, 0.25) is 0 Å². The molecule has 2 saturated heterocycles. The first-order valence-electron chi connectivity index (χ1n) is 9.77. The molecule has 1 aliphatic carbocycles. The van der Waals surface area contributed by atoms with Crippen molar-refractivity contribution in [2.75, 3.05) is 13.7 Å². The highest BCUT2D eigenvalue weighted by atomic mass is 16.7. The van der Waals surface area contributed by atoms with Gasteiger partial charge in [-0.2, -0.15) is 0 Å². The Morgan fingerprint density at radius 3 is 2.22 bits per heavy atom. The number of carbonyl (C=O) groups excluding carboxylic acids is 1. The van der Waals surface area contributed by atoms with Crippen molar-refractivity contribution in [1.82, 2.24) is 0 Å². The lowest BCUT2D eigenvalue weighted by Gasteiger charge is -2.32. The third-order valence-electron chi connectivity index (χ3n) is 7.12. The maximum Gasteiger partial charge on any atom is 0.494 e. The summed E-state index contributed by atoms with van der Waals surface area (Å²) in [5.41, 5.74) is 1.28. The van der Waals surface area contributed by atoms with Crippen molar-refractivity contribution in [3.05, 3.63) is 29.8 Å². The van der Waals surface area contributed by atoms with E-state index in [4.69, 9.17) is 18.8 Å². The van der Waals surface area contributed by atoms with E-state index in [0.29, 0.717) is 13.0 Å². The van der Waals surface area contributed by atoms with Gasteiger partial charge in [-0.05, 0) is 58.0 Å². The summed E-state index contributed by atoms with van der Waals surface area (Å²) in [6, 6.07) is 8.54. The van der Waals surface area contributed by atoms with E-state index in [9.17, 15) is 4.79 Å². The van der Waals surface area contributed by atoms with Crippen LogP contribution in [0, 0.1) is 0 Å². The largest absolute Gasteiger partial charge is 0.494 e. The minimum atomic E-state index is -0.350. The molecule has 0 N–H and O–H groups in total. The zero-order valence-corrected chi connectivity index (χ0v) is 17.0. The summed E-state index contributed by atoms with van der Waals surface area (Å²) < 4.78 is 23.3. The number of rotatable bonds is 4. The van der Waals surface area contributed by atoms with Gasteiger partial charge in [-0.15, -0.1) is 0 Å². The Bertz CT molecular complexity index is 715. The standard InChI is InChI=1S/C21H29BO5/c1-18(2)19(3,4)27-22(26-18)16-8-6-15(7-9-16)20-10-11-21(13-20,25-14-20)12-17(23)24-5/h6-9H,10-14H2,1-5H3. The smallest absolute Gasteiger partial charge is 0.469 e. The molecule has 2 bridgehead atoms. The molecular weight excluding hydrogens is 343 g/mol. The fraction of sp³-hybridized carbons (Fsp3) is 0.667. The van der Waals surface area contributed by atoms with E-state index in [1.54, 1.807) is 0 Å². The molecular formula is C21H29BO5. The molecule has 3 fully saturated rings. The number of hydrogen-bond donors (Lipinski definition) is 0. The lowest BCUT2D eigenvalue weighted by Crippen LogP contribution is -2.41. The van der Waals surface area contributed by atoms with Crippen molar-refractivity contribution in [1.29, 1.82) is 0 Å². The van der Waals surface area contributed by atoms with Gasteiger partial charge in [-0.25, -0.2) is 0 Å². The second-order valence-electron chi connectivity index (χ2n) is 9.39. The fourth-order valence-corrected chi connectivity index (χ4v) is 4.64. The van der Waals surface area contributed by atoms with E-state index in [1.165, 1.54) is 12.7 Å². The van der Waals surface area contributed by atoms with Crippen molar-refractivity contribution < 1.29 is 23.6 Å². The minimum absolute atomic E-state index is 0.00246. The number of fused-ring (bicyclic) bond motifs is 2. The van der Waals surface area contributed by atoms with Gasteiger partial charge in [0.25, 0.3) is 0 Å². The average Bonchev–Trinajstić information content (AvgIpc) is 3.23. The molecule has 0 radical (unpaired) electrons. The minimum Gasteiger partial charge on any atom is -0.469 e. The van der Waals surface area contributed by atoms with Gasteiger partial charge in [0.1, 0.15) is 0 Å². The predicted molar refractivity (Wildman–Crippen MR) is 103 cm³/mol. The summed E-state index contributed by atoms with van der Waals surface area (Å²) in [6.45, 7) is 8.93. The van der Waals surface area contributed by atoms with Gasteiger partial charge in [0.15, 0.2) is 0 Å². The van der Waals surface area contributed by atoms with Crippen molar-refractivity contribution in [3.63, 3.8) is 0 Å². The van der Waals surface area contributed by atoms with Crippen LogP contribution in [0.5, 0.6) is 0 Å². The Hall–Kier alpha value is -1.37. The Morgan fingerprint density at radius 2 is 1.70 bits per heavy atom. The third kappa shape index (κ3) is 3.02. The molecule has 1 aromatic rings. The van der Waals surface area contributed by atoms with Crippen LogP contribution in [0.25, 0.3) is 0 Å². The summed E-state index contributed by atoms with van der Waals surface area (Å²) in [6.07, 6.45) is 3.17. The number of ether oxygens (including phenoxy) is 2. The van der Waals surface area contributed by atoms with Gasteiger partial charge in [-0.3, -0.25) is 4.79 Å². The molecule has 1 saturated carbocycles. The average molecular weight is 372 g/mol. The molecule has 0 aromatic heterocycles. The summed E-state index contributed by atoms with van der Waals surface area (Å²) in [4.78, 5) is 11.8. The maximum absolute atomic E-state index is 11.8. The number of carbonyl (C=O) groups is 1. The van der Waals surface area contributed by atoms with E-state index < -0.39 is 0 Å². The number of esters is 1. The SMILES string of the molecule is COC(=O)CC12CCC(c3ccc(B4OC(C)(C)C(C)(C)O4)cc3)(CO1)C2. The fourth-order valence-electron chi connectivity index (χ4n) is 4.64. The molecule has 6 heteroatoms. The highest BCUT2D eigenvalue weighted by Crippen LogP contribution is 2.55. The van der Waals surface area contributed by atoms with Crippen LogP contribution in [0.3, 0.4) is 0 Å². The van der Waals surface area contributed by atoms with Crippen LogP contribution < -0.4 is 5.46 Å². The Balaban J connectivity index is 1.50. The molecule has 2 atom stereocenters. The molecule has 2 heterocycles. The third-order valence-corrected chi connectivity index (χ3v) is 7.12. The van der Waals surface area contributed by atoms with Crippen LogP contribution in [0.4, 0.5) is 0 Å². The molecule has 2 aliphatic heterocycles. The molecule has 146 valence electrons. The summed E-state index contributed by atoms with van der Waals surface area (Å²) >= 11 is 0. The summed E-state index contributed by atoms with van der Waals surface area (Å²) in [5.74, 6) is -0.191. The quantitative estimate of drug-likeness (QED) is 0.601. The number of benzene rings is 1. The van der Waals surface area contributed by atoms with Crippen LogP contribution in [0.2, 0.25) is 0 Å². The first kappa shape index (κ1) is 19.0. The van der Waals surface area contributed by atoms with E-state index in [2.05, 4.69) is 52.0 Å². The van der Waals surface area contributed by atoms with Crippen molar-refractivity contribution in [3.8, 4) is 0 Å². The molecule has 2 unspecified atom stereocenters. The van der Waals surface area contributed by atoms with Crippen LogP contribution in [0.15, 0.2) is 24.3 Å². The first-order valence-corrected chi connectivity index (χ1v) is 9.77. The molecule has 5 nitrogen and oxygen atoms in total. The van der Waals surface area contributed by atoms with Gasteiger partial charge in [0.05, 0.1) is 36.9 Å². The van der Waals surface area contributed by atoms with E-state index in [1.807, 2.05) is 0 Å². The lowest BCUT2D eigenvalue weighted by atomic mass is 9.75. The first-order chi connectivity index (χ1) is 12.6. The van der Waals surface area contributed by atoms with E-state index >= 15 is 0 Å². The molecule has 0 spiro atoms. The molecule has 3 aliphatic rings. The molecule has 1 aromatic carbocycles. The maximum atomic E-state index is 11.8. The normalized spacial score (nSPS) is 33.4. The predicted octanol–water partition coefficient (Wildman–Crippen LogP) is 2.74. The zero-order valence-electron chi connectivity index (χ0n) is 17.0. The second kappa shape index (κ2) is 6.06. The van der Waals surface area contributed by atoms with Crippen molar-refractivity contribution >= 4 is 18.6 Å². The van der Waals surface area contributed by atoms with Crippen LogP contribution in [-0.4, -0.2) is 43.6 Å². The van der Waals surface area contributed by atoms with E-state index in [-0.39, 0.29) is 35.3 Å². The van der Waals surface area contributed by atoms with Crippen molar-refractivity contribution in [2.24, 2.45) is 0 Å². The molecule has 4 rings (SSSR count). The lowest BCUT2D eigenvalue weighted by molar-refractivity contribution is -0.147. The van der Waals surface area contributed by atoms with Gasteiger partial charge >= 0.3 is 13.1 Å². The van der Waals surface area contributed by atoms with Gasteiger partial charge < -0.3 is 18.8 Å². The summed E-state index contributed by atoms with van der Waals surface area (Å²) in [5, 5.41) is 0. The van der Waals surface area contributed by atoms with Crippen LogP contribution >= 0.6 is 0 Å². The Morgan fingerprint density at radius 1 is 1.07 bits per heavy atom. The Kier molecular flexibility index (Phi) is 4.26. The highest BCUT2D eigenvalue weighted by molar-refractivity contribution is 6.62. The van der Waals surface area contributed by atoms with E-state index in [0.717, 1.165) is 24.7 Å². The van der Waals surface area contributed by atoms with Crippen LogP contribution in [-0.2, 0) is 29.0 Å². The van der Waals surface area contributed by atoms with Crippen LogP contribution in [0.1, 0.15) is 58.9 Å². The van der Waals surface area contributed by atoms with Gasteiger partial charge in [0, 0.05) is 5.41 Å². The number of methoxy groups -OCH3 is 1. The molecule has 0 amide bonds. The zero-order chi connectivity index (χ0) is 19.5. The summed E-state index contributed by atoms with van der Waals surface area (Å²) in [7, 11) is 1.09. The molecule has 27 heavy (non-hydrogen) atoms. The topological polar surface area (TPSA) is 54.0 Å². The van der Waals surface area contributed by atoms with Gasteiger partial charge in [-0.1, -0.05) is 24.3 Å². The number of hydrogen-bond acceptors (Lipinski definition) is 5. The second-order valence-corrected chi connectivity index (χ2v) is 9.39. The monoisotopic (exact) mass is 372 g/mol. The Labute approximate surface area is 161 Å². The highest BCUT2D eigenvalue weighted by Gasteiger charge is 2.57. The van der Waals surface area contributed by atoms with Crippen molar-refractivity contribution in [2.45, 2.75) is 75.6 Å².